The molecule has 0 aliphatic carbocycles. The fourth-order valence-electron chi connectivity index (χ4n) is 2.00. The largest absolute Gasteiger partial charge is 0.336 e. The predicted octanol–water partition coefficient (Wildman–Crippen LogP) is 3.18. The van der Waals surface area contributed by atoms with Crippen LogP contribution in [0, 0.1) is 0 Å². The second kappa shape index (κ2) is 7.76. The smallest absolute Gasteiger partial charge is 0.250 e. The van der Waals surface area contributed by atoms with Gasteiger partial charge in [0.1, 0.15) is 4.21 Å². The summed E-state index contributed by atoms with van der Waals surface area (Å²) in [5, 5.41) is 1.68. The van der Waals surface area contributed by atoms with E-state index >= 15 is 0 Å². The van der Waals surface area contributed by atoms with Crippen molar-refractivity contribution in [3.05, 3.63) is 38.9 Å². The first-order chi connectivity index (χ1) is 10.8. The highest BCUT2D eigenvalue weighted by atomic mass is 35.5. The number of thiophene rings is 2. The van der Waals surface area contributed by atoms with Crippen LogP contribution in [0.25, 0.3) is 0 Å². The molecule has 0 saturated carbocycles. The van der Waals surface area contributed by atoms with Crippen molar-refractivity contribution in [2.75, 3.05) is 6.54 Å². The highest BCUT2D eigenvalue weighted by Gasteiger charge is 2.26. The predicted molar refractivity (Wildman–Crippen MR) is 94.5 cm³/mol. The van der Waals surface area contributed by atoms with Gasteiger partial charge in [-0.2, -0.15) is 4.72 Å². The lowest BCUT2D eigenvalue weighted by Crippen LogP contribution is -2.46. The number of hydrogen-bond donors (Lipinski definition) is 1. The molecule has 2 aromatic rings. The van der Waals surface area contributed by atoms with E-state index in [1.54, 1.807) is 29.3 Å². The monoisotopic (exact) mass is 392 g/mol. The van der Waals surface area contributed by atoms with Gasteiger partial charge in [-0.05, 0) is 37.4 Å². The first-order valence-electron chi connectivity index (χ1n) is 6.92. The first-order valence-corrected chi connectivity index (χ1v) is 10.5. The van der Waals surface area contributed by atoms with Crippen molar-refractivity contribution < 1.29 is 13.2 Å². The SMILES string of the molecule is CCN(Cc1ccc(Cl)s1)C(=O)C(C)NS(=O)(=O)c1cccs1. The Bertz CT molecular complexity index is 756. The molecule has 0 aliphatic heterocycles. The third-order valence-electron chi connectivity index (χ3n) is 3.13. The number of nitrogens with one attached hydrogen (secondary N) is 1. The van der Waals surface area contributed by atoms with Crippen LogP contribution in [0.3, 0.4) is 0 Å². The number of nitrogens with zero attached hydrogens (tertiary/aromatic N) is 1. The number of sulfonamides is 1. The molecule has 0 aromatic carbocycles. The van der Waals surface area contributed by atoms with Crippen LogP contribution in [0.1, 0.15) is 18.7 Å². The summed E-state index contributed by atoms with van der Waals surface area (Å²) in [7, 11) is -3.67. The van der Waals surface area contributed by atoms with Crippen LogP contribution >= 0.6 is 34.3 Å². The molecule has 2 rings (SSSR count). The molecule has 1 unspecified atom stereocenters. The van der Waals surface area contributed by atoms with E-state index in [1.807, 2.05) is 13.0 Å². The van der Waals surface area contributed by atoms with E-state index in [2.05, 4.69) is 4.72 Å². The summed E-state index contributed by atoms with van der Waals surface area (Å²) in [6.45, 7) is 4.31. The quantitative estimate of drug-likeness (QED) is 0.786. The molecule has 23 heavy (non-hydrogen) atoms. The van der Waals surface area contributed by atoms with Crippen LogP contribution in [0.4, 0.5) is 0 Å². The minimum absolute atomic E-state index is 0.199. The lowest BCUT2D eigenvalue weighted by atomic mass is 10.3. The van der Waals surface area contributed by atoms with Crippen molar-refractivity contribution >= 4 is 50.2 Å². The molecule has 1 atom stereocenters. The standard InChI is InChI=1S/C14H17ClN2O3S3/c1-3-17(9-11-6-7-12(15)22-11)14(18)10(2)16-23(19,20)13-5-4-8-21-13/h4-8,10,16H,3,9H2,1-2H3. The first kappa shape index (κ1) is 18.4. The molecular formula is C14H17ClN2O3S3. The van der Waals surface area contributed by atoms with E-state index in [9.17, 15) is 13.2 Å². The number of carbonyl (C=O) groups is 1. The third kappa shape index (κ3) is 4.77. The van der Waals surface area contributed by atoms with Crippen LogP contribution in [0.5, 0.6) is 0 Å². The molecule has 0 aliphatic rings. The van der Waals surface area contributed by atoms with Crippen molar-refractivity contribution in [3.8, 4) is 0 Å². The van der Waals surface area contributed by atoms with Crippen molar-refractivity contribution in [2.45, 2.75) is 30.6 Å². The zero-order chi connectivity index (χ0) is 17.0. The van der Waals surface area contributed by atoms with Gasteiger partial charge in [-0.3, -0.25) is 4.79 Å². The molecule has 9 heteroatoms. The normalized spacial score (nSPS) is 13.0. The van der Waals surface area contributed by atoms with Crippen LogP contribution in [-0.4, -0.2) is 31.8 Å². The minimum Gasteiger partial charge on any atom is -0.336 e. The Morgan fingerprint density at radius 2 is 2.13 bits per heavy atom. The van der Waals surface area contributed by atoms with Gasteiger partial charge in [-0.1, -0.05) is 17.7 Å². The fraction of sp³-hybridized carbons (Fsp3) is 0.357. The second-order valence-corrected chi connectivity index (χ2v) is 9.52. The number of rotatable bonds is 7. The number of likely N-dealkylation sites (N-methyl/N-ethyl adjacent to an activating group) is 1. The number of hydrogen-bond acceptors (Lipinski definition) is 5. The van der Waals surface area contributed by atoms with Crippen LogP contribution in [0.2, 0.25) is 4.34 Å². The molecule has 0 fully saturated rings. The average molecular weight is 393 g/mol. The fourth-order valence-corrected chi connectivity index (χ4v) is 5.31. The maximum absolute atomic E-state index is 12.5. The van der Waals surface area contributed by atoms with Gasteiger partial charge in [0, 0.05) is 11.4 Å². The summed E-state index contributed by atoms with van der Waals surface area (Å²) in [5.41, 5.74) is 0. The van der Waals surface area contributed by atoms with Crippen LogP contribution < -0.4 is 4.72 Å². The van der Waals surface area contributed by atoms with Crippen molar-refractivity contribution in [1.82, 2.24) is 9.62 Å². The number of carbonyl (C=O) groups excluding carboxylic acids is 1. The number of halogens is 1. The van der Waals surface area contributed by atoms with Gasteiger partial charge in [0.25, 0.3) is 10.0 Å². The Balaban J connectivity index is 2.05. The Kier molecular flexibility index (Phi) is 6.21. The molecule has 0 radical (unpaired) electrons. The number of amides is 1. The molecule has 0 bridgehead atoms. The summed E-state index contributed by atoms with van der Waals surface area (Å²) >= 11 is 8.42. The van der Waals surface area contributed by atoms with Crippen molar-refractivity contribution in [1.29, 1.82) is 0 Å². The lowest BCUT2D eigenvalue weighted by Gasteiger charge is -2.24. The second-order valence-electron chi connectivity index (χ2n) is 4.83. The van der Waals surface area contributed by atoms with E-state index in [1.165, 1.54) is 17.4 Å². The zero-order valence-electron chi connectivity index (χ0n) is 12.7. The molecule has 1 N–H and O–H groups in total. The molecule has 5 nitrogen and oxygen atoms in total. The lowest BCUT2D eigenvalue weighted by molar-refractivity contribution is -0.132. The van der Waals surface area contributed by atoms with E-state index in [-0.39, 0.29) is 10.1 Å². The van der Waals surface area contributed by atoms with Crippen LogP contribution in [-0.2, 0) is 21.4 Å². The molecular weight excluding hydrogens is 376 g/mol. The summed E-state index contributed by atoms with van der Waals surface area (Å²) in [6.07, 6.45) is 0. The highest BCUT2D eigenvalue weighted by Crippen LogP contribution is 2.23. The van der Waals surface area contributed by atoms with Gasteiger partial charge in [-0.25, -0.2) is 8.42 Å². The summed E-state index contributed by atoms with van der Waals surface area (Å²) < 4.78 is 27.7. The summed E-state index contributed by atoms with van der Waals surface area (Å²) in [6, 6.07) is 5.98. The Labute approximate surface area is 148 Å². The molecule has 1 amide bonds. The maximum atomic E-state index is 12.5. The molecule has 0 saturated heterocycles. The van der Waals surface area contributed by atoms with E-state index < -0.39 is 16.1 Å². The van der Waals surface area contributed by atoms with Gasteiger partial charge >= 0.3 is 0 Å². The Morgan fingerprint density at radius 3 is 2.65 bits per heavy atom. The van der Waals surface area contributed by atoms with Crippen molar-refractivity contribution in [2.24, 2.45) is 0 Å². The van der Waals surface area contributed by atoms with Gasteiger partial charge < -0.3 is 4.90 Å². The topological polar surface area (TPSA) is 66.5 Å². The summed E-state index contributed by atoms with van der Waals surface area (Å²) in [5.74, 6) is -0.267. The van der Waals surface area contributed by atoms with Crippen LogP contribution in [0.15, 0.2) is 33.9 Å². The molecule has 0 spiro atoms. The van der Waals surface area contributed by atoms with Gasteiger partial charge in [0.2, 0.25) is 5.91 Å². The van der Waals surface area contributed by atoms with Gasteiger partial charge in [0.05, 0.1) is 16.9 Å². The third-order valence-corrected chi connectivity index (χ3v) is 7.29. The summed E-state index contributed by atoms with van der Waals surface area (Å²) in [4.78, 5) is 15.1. The van der Waals surface area contributed by atoms with E-state index in [0.29, 0.717) is 17.4 Å². The van der Waals surface area contributed by atoms with E-state index in [0.717, 1.165) is 16.2 Å². The van der Waals surface area contributed by atoms with Gasteiger partial charge in [0.15, 0.2) is 0 Å². The maximum Gasteiger partial charge on any atom is 0.250 e. The Morgan fingerprint density at radius 1 is 1.39 bits per heavy atom. The molecule has 126 valence electrons. The highest BCUT2D eigenvalue weighted by molar-refractivity contribution is 7.91. The molecule has 2 aromatic heterocycles. The minimum atomic E-state index is -3.67. The Hall–Kier alpha value is -0.930. The zero-order valence-corrected chi connectivity index (χ0v) is 15.9. The van der Waals surface area contributed by atoms with Crippen molar-refractivity contribution in [3.63, 3.8) is 0 Å². The van der Waals surface area contributed by atoms with E-state index in [4.69, 9.17) is 11.6 Å². The van der Waals surface area contributed by atoms with Gasteiger partial charge in [-0.15, -0.1) is 22.7 Å². The molecule has 2 heterocycles. The average Bonchev–Trinajstić information content (AvgIpc) is 3.15.